The lowest BCUT2D eigenvalue weighted by atomic mass is 9.93. The number of rotatable bonds is 8. The van der Waals surface area contributed by atoms with Crippen LogP contribution in [0, 0.1) is 5.82 Å². The summed E-state index contributed by atoms with van der Waals surface area (Å²) in [7, 11) is -1.51. The molecular formula is C27H32Cl2F4N4O3S. The number of likely N-dealkylation sites (N-methyl/N-ethyl adjacent to an activating group) is 1. The van der Waals surface area contributed by atoms with Gasteiger partial charge >= 0.3 is 6.18 Å². The van der Waals surface area contributed by atoms with Crippen LogP contribution in [-0.2, 0) is 27.5 Å². The van der Waals surface area contributed by atoms with Crippen LogP contribution < -0.4 is 4.72 Å². The molecule has 2 fully saturated rings. The Morgan fingerprint density at radius 1 is 1.07 bits per heavy atom. The Balaban J connectivity index is 1.47. The van der Waals surface area contributed by atoms with Crippen LogP contribution in [0.4, 0.5) is 17.6 Å². The van der Waals surface area contributed by atoms with Gasteiger partial charge in [0, 0.05) is 50.7 Å². The maximum Gasteiger partial charge on any atom is 0.419 e. The van der Waals surface area contributed by atoms with Gasteiger partial charge in [-0.15, -0.1) is 0 Å². The number of hydrogen-bond donors (Lipinski definition) is 1. The molecule has 2 aromatic carbocycles. The second-order valence-electron chi connectivity index (χ2n) is 10.8. The average molecular weight is 640 g/mol. The van der Waals surface area contributed by atoms with E-state index >= 15 is 0 Å². The maximum absolute atomic E-state index is 14.2. The number of carbonyl (C=O) groups excluding carboxylic acids is 1. The van der Waals surface area contributed by atoms with Crippen molar-refractivity contribution in [2.75, 3.05) is 46.0 Å². The van der Waals surface area contributed by atoms with Crippen LogP contribution >= 0.6 is 23.2 Å². The largest absolute Gasteiger partial charge is 0.419 e. The first-order valence-electron chi connectivity index (χ1n) is 13.1. The molecule has 2 heterocycles. The average Bonchev–Trinajstić information content (AvgIpc) is 3.31. The molecule has 7 nitrogen and oxygen atoms in total. The fourth-order valence-electron chi connectivity index (χ4n) is 5.60. The highest BCUT2D eigenvalue weighted by Gasteiger charge is 2.39. The quantitative estimate of drug-likeness (QED) is 0.428. The van der Waals surface area contributed by atoms with Crippen molar-refractivity contribution in [2.45, 2.75) is 43.6 Å². The van der Waals surface area contributed by atoms with E-state index in [9.17, 15) is 30.8 Å². The van der Waals surface area contributed by atoms with Crippen LogP contribution in [0.1, 0.15) is 35.4 Å². The highest BCUT2D eigenvalue weighted by molar-refractivity contribution is 7.88. The van der Waals surface area contributed by atoms with Crippen LogP contribution in [0.5, 0.6) is 0 Å². The molecule has 0 saturated carbocycles. The number of sulfonamides is 1. The summed E-state index contributed by atoms with van der Waals surface area (Å²) in [5.41, 5.74) is -0.0783. The lowest BCUT2D eigenvalue weighted by molar-refractivity contribution is -0.140. The molecule has 2 aliphatic rings. The van der Waals surface area contributed by atoms with Crippen molar-refractivity contribution in [1.82, 2.24) is 19.4 Å². The molecule has 14 heteroatoms. The predicted molar refractivity (Wildman–Crippen MR) is 150 cm³/mol. The summed E-state index contributed by atoms with van der Waals surface area (Å²) in [5.74, 6) is -1.59. The van der Waals surface area contributed by atoms with Crippen molar-refractivity contribution in [3.8, 4) is 0 Å². The van der Waals surface area contributed by atoms with Gasteiger partial charge in [0.05, 0.1) is 28.4 Å². The number of carbonyl (C=O) groups is 1. The molecule has 1 N–H and O–H groups in total. The van der Waals surface area contributed by atoms with E-state index in [1.54, 1.807) is 24.1 Å². The predicted octanol–water partition coefficient (Wildman–Crippen LogP) is 4.59. The first-order chi connectivity index (χ1) is 19.1. The number of hydrogen-bond acceptors (Lipinski definition) is 5. The molecule has 0 spiro atoms. The molecule has 0 radical (unpaired) electrons. The lowest BCUT2D eigenvalue weighted by Gasteiger charge is -2.32. The molecule has 0 aliphatic carbocycles. The Morgan fingerprint density at radius 2 is 1.76 bits per heavy atom. The van der Waals surface area contributed by atoms with E-state index in [-0.39, 0.29) is 37.0 Å². The maximum atomic E-state index is 14.2. The SMILES string of the molecule is CN(Cc1ccc(C(F)(F)F)c(F)c1)[C@@H]1CN(C(=O)CN2CCC(NS(C)(=O)=O)CC2)C[C@@H]1c1ccc(Cl)c(Cl)c1. The van der Waals surface area contributed by atoms with Crippen LogP contribution in [0.25, 0.3) is 0 Å². The van der Waals surface area contributed by atoms with Gasteiger partial charge in [0.1, 0.15) is 5.82 Å². The van der Waals surface area contributed by atoms with E-state index in [0.29, 0.717) is 54.6 Å². The van der Waals surface area contributed by atoms with E-state index in [4.69, 9.17) is 23.2 Å². The van der Waals surface area contributed by atoms with Crippen LogP contribution in [-0.4, -0.2) is 87.1 Å². The first-order valence-corrected chi connectivity index (χ1v) is 15.7. The summed E-state index contributed by atoms with van der Waals surface area (Å²) < 4.78 is 79.0. The van der Waals surface area contributed by atoms with Gasteiger partial charge in [0.2, 0.25) is 15.9 Å². The third-order valence-corrected chi connectivity index (χ3v) is 9.18. The highest BCUT2D eigenvalue weighted by Crippen LogP contribution is 2.36. The van der Waals surface area contributed by atoms with Gasteiger partial charge in [-0.05, 0) is 55.3 Å². The molecule has 0 bridgehead atoms. The van der Waals surface area contributed by atoms with Gasteiger partial charge in [-0.25, -0.2) is 17.5 Å². The highest BCUT2D eigenvalue weighted by atomic mass is 35.5. The monoisotopic (exact) mass is 638 g/mol. The second kappa shape index (κ2) is 12.7. The zero-order chi connectivity index (χ0) is 30.1. The number of nitrogens with zero attached hydrogens (tertiary/aromatic N) is 3. The molecule has 226 valence electrons. The summed E-state index contributed by atoms with van der Waals surface area (Å²) in [6.45, 7) is 2.24. The van der Waals surface area contributed by atoms with E-state index < -0.39 is 27.6 Å². The Labute approximate surface area is 247 Å². The Hall–Kier alpha value is -1.96. The molecule has 1 amide bonds. The number of amides is 1. The number of halogens is 6. The van der Waals surface area contributed by atoms with Gasteiger partial charge in [-0.1, -0.05) is 35.3 Å². The van der Waals surface area contributed by atoms with Crippen molar-refractivity contribution in [3.05, 3.63) is 69.0 Å². The molecule has 0 aromatic heterocycles. The molecule has 2 atom stereocenters. The summed E-state index contributed by atoms with van der Waals surface area (Å²) in [6, 6.07) is 7.78. The van der Waals surface area contributed by atoms with Crippen LogP contribution in [0.3, 0.4) is 0 Å². The van der Waals surface area contributed by atoms with Crippen LogP contribution in [0.15, 0.2) is 36.4 Å². The topological polar surface area (TPSA) is 73.0 Å². The Kier molecular flexibility index (Phi) is 9.92. The van der Waals surface area contributed by atoms with Gasteiger partial charge in [0.25, 0.3) is 0 Å². The fourth-order valence-corrected chi connectivity index (χ4v) is 6.75. The van der Waals surface area contributed by atoms with E-state index in [1.807, 2.05) is 15.9 Å². The zero-order valence-electron chi connectivity index (χ0n) is 22.6. The number of alkyl halides is 3. The van der Waals surface area contributed by atoms with Gasteiger partial charge < -0.3 is 4.90 Å². The lowest BCUT2D eigenvalue weighted by Crippen LogP contribution is -2.48. The molecule has 2 aliphatic heterocycles. The number of nitrogens with one attached hydrogen (secondary N) is 1. The fraction of sp³-hybridized carbons (Fsp3) is 0.519. The van der Waals surface area contributed by atoms with Gasteiger partial charge in [-0.3, -0.25) is 14.6 Å². The van der Waals surface area contributed by atoms with Crippen molar-refractivity contribution in [1.29, 1.82) is 0 Å². The third-order valence-electron chi connectivity index (χ3n) is 7.68. The number of likely N-dealkylation sites (tertiary alicyclic amines) is 2. The molecule has 2 saturated heterocycles. The number of piperidine rings is 1. The molecule has 0 unspecified atom stereocenters. The first kappa shape index (κ1) is 32.0. The van der Waals surface area contributed by atoms with E-state index in [1.165, 1.54) is 6.07 Å². The molecule has 2 aromatic rings. The second-order valence-corrected chi connectivity index (χ2v) is 13.4. The normalized spacial score (nSPS) is 21.1. The standard InChI is InChI=1S/C27H32Cl2F4N4O3S/c1-35(13-17-3-5-21(24(30)11-17)27(31,32)33)25-15-37(14-20(25)18-4-6-22(28)23(29)12-18)26(38)16-36-9-7-19(8-10-36)34-41(2,39)40/h3-6,11-12,19-20,25,34H,7-10,13-16H2,1-2H3/t20-,25-/m1/s1. The third kappa shape index (κ3) is 8.32. The molecule has 4 rings (SSSR count). The van der Waals surface area contributed by atoms with Gasteiger partial charge in [0.15, 0.2) is 0 Å². The van der Waals surface area contributed by atoms with E-state index in [2.05, 4.69) is 4.72 Å². The van der Waals surface area contributed by atoms with Gasteiger partial charge in [-0.2, -0.15) is 13.2 Å². The molecular weight excluding hydrogens is 607 g/mol. The summed E-state index contributed by atoms with van der Waals surface area (Å²) >= 11 is 12.4. The smallest absolute Gasteiger partial charge is 0.339 e. The van der Waals surface area contributed by atoms with Crippen molar-refractivity contribution < 1.29 is 30.8 Å². The Bertz CT molecular complexity index is 1370. The minimum atomic E-state index is -4.78. The number of benzene rings is 2. The summed E-state index contributed by atoms with van der Waals surface area (Å²) in [4.78, 5) is 19.0. The molecule has 41 heavy (non-hydrogen) atoms. The zero-order valence-corrected chi connectivity index (χ0v) is 24.9. The minimum Gasteiger partial charge on any atom is -0.339 e. The van der Waals surface area contributed by atoms with Crippen LogP contribution in [0.2, 0.25) is 10.0 Å². The van der Waals surface area contributed by atoms with E-state index in [0.717, 1.165) is 24.0 Å². The van der Waals surface area contributed by atoms with Crippen molar-refractivity contribution >= 4 is 39.1 Å². The Morgan fingerprint density at radius 3 is 2.34 bits per heavy atom. The summed E-state index contributed by atoms with van der Waals surface area (Å²) in [6.07, 6.45) is -2.45. The van der Waals surface area contributed by atoms with Crippen molar-refractivity contribution in [3.63, 3.8) is 0 Å². The minimum absolute atomic E-state index is 0.0824. The summed E-state index contributed by atoms with van der Waals surface area (Å²) in [5, 5.41) is 0.756. The van der Waals surface area contributed by atoms with Crippen molar-refractivity contribution in [2.24, 2.45) is 0 Å².